The maximum Gasteiger partial charge on any atom is 0.191 e. The third-order valence-electron chi connectivity index (χ3n) is 4.60. The number of hydrogen-bond donors (Lipinski definition) is 2. The molecule has 0 aromatic carbocycles. The Balaban J connectivity index is 1.51. The van der Waals surface area contributed by atoms with Crippen molar-refractivity contribution in [3.8, 4) is 0 Å². The first-order valence-electron chi connectivity index (χ1n) is 9.32. The van der Waals surface area contributed by atoms with Gasteiger partial charge in [0.2, 0.25) is 0 Å². The van der Waals surface area contributed by atoms with Crippen LogP contribution in [0, 0.1) is 0 Å². The van der Waals surface area contributed by atoms with Crippen LogP contribution in [0.25, 0.3) is 0 Å². The number of aliphatic imine (C=N–C) groups is 1. The van der Waals surface area contributed by atoms with Crippen molar-refractivity contribution in [1.29, 1.82) is 0 Å². The van der Waals surface area contributed by atoms with E-state index < -0.39 is 0 Å². The van der Waals surface area contributed by atoms with Gasteiger partial charge in [-0.15, -0.1) is 0 Å². The summed E-state index contributed by atoms with van der Waals surface area (Å²) in [6.07, 6.45) is 4.16. The zero-order chi connectivity index (χ0) is 19.2. The standard InChI is InChI=1S/C19H29N7O/c1-14-12-26(13-15(2)27-14)18-6-5-16(9-21-18)10-22-19(20-3)23-11-17-7-8-24-25(17)4/h5-9,14-15H,10-13H2,1-4H3,(H2,20,22,23). The van der Waals surface area contributed by atoms with E-state index >= 15 is 0 Å². The van der Waals surface area contributed by atoms with Crippen LogP contribution in [0.3, 0.4) is 0 Å². The normalized spacial score (nSPS) is 20.6. The minimum atomic E-state index is 0.228. The lowest BCUT2D eigenvalue weighted by molar-refractivity contribution is -0.00545. The molecule has 3 heterocycles. The Morgan fingerprint density at radius 3 is 2.52 bits per heavy atom. The topological polar surface area (TPSA) is 79.6 Å². The van der Waals surface area contributed by atoms with E-state index in [0.29, 0.717) is 13.1 Å². The van der Waals surface area contributed by atoms with Crippen LogP contribution < -0.4 is 15.5 Å². The van der Waals surface area contributed by atoms with Crippen molar-refractivity contribution < 1.29 is 4.74 Å². The molecule has 2 unspecified atom stereocenters. The highest BCUT2D eigenvalue weighted by atomic mass is 16.5. The van der Waals surface area contributed by atoms with Crippen LogP contribution >= 0.6 is 0 Å². The van der Waals surface area contributed by atoms with Gasteiger partial charge in [0.05, 0.1) is 24.4 Å². The van der Waals surface area contributed by atoms with Gasteiger partial charge in [-0.3, -0.25) is 9.67 Å². The van der Waals surface area contributed by atoms with Gasteiger partial charge in [0.15, 0.2) is 5.96 Å². The summed E-state index contributed by atoms with van der Waals surface area (Å²) in [7, 11) is 3.69. The summed E-state index contributed by atoms with van der Waals surface area (Å²) in [5.74, 6) is 1.75. The van der Waals surface area contributed by atoms with Gasteiger partial charge >= 0.3 is 0 Å². The van der Waals surface area contributed by atoms with E-state index in [2.05, 4.69) is 56.6 Å². The number of aryl methyl sites for hydroxylation is 1. The third-order valence-corrected chi connectivity index (χ3v) is 4.60. The lowest BCUT2D eigenvalue weighted by Gasteiger charge is -2.36. The number of morpholine rings is 1. The van der Waals surface area contributed by atoms with Crippen molar-refractivity contribution >= 4 is 11.8 Å². The number of aromatic nitrogens is 3. The highest BCUT2D eigenvalue weighted by Gasteiger charge is 2.22. The van der Waals surface area contributed by atoms with Crippen molar-refractivity contribution in [1.82, 2.24) is 25.4 Å². The lowest BCUT2D eigenvalue weighted by atomic mass is 10.2. The Morgan fingerprint density at radius 2 is 1.93 bits per heavy atom. The zero-order valence-electron chi connectivity index (χ0n) is 16.5. The van der Waals surface area contributed by atoms with Gasteiger partial charge in [-0.05, 0) is 31.5 Å². The number of rotatable bonds is 5. The molecule has 27 heavy (non-hydrogen) atoms. The van der Waals surface area contributed by atoms with Gasteiger partial charge < -0.3 is 20.3 Å². The monoisotopic (exact) mass is 371 g/mol. The SMILES string of the molecule is CN=C(NCc1ccc(N2CC(C)OC(C)C2)nc1)NCc1ccnn1C. The molecule has 2 N–H and O–H groups in total. The maximum absolute atomic E-state index is 5.79. The average molecular weight is 371 g/mol. The first-order chi connectivity index (χ1) is 13.0. The van der Waals surface area contributed by atoms with Crippen LogP contribution in [0.15, 0.2) is 35.6 Å². The highest BCUT2D eigenvalue weighted by molar-refractivity contribution is 5.79. The van der Waals surface area contributed by atoms with Gasteiger partial charge in [-0.1, -0.05) is 6.07 Å². The molecular formula is C19H29N7O. The fourth-order valence-corrected chi connectivity index (χ4v) is 3.23. The van der Waals surface area contributed by atoms with E-state index in [1.54, 1.807) is 13.2 Å². The number of nitrogens with zero attached hydrogens (tertiary/aromatic N) is 5. The van der Waals surface area contributed by atoms with Crippen molar-refractivity contribution in [2.24, 2.45) is 12.0 Å². The minimum absolute atomic E-state index is 0.228. The molecule has 1 saturated heterocycles. The molecule has 2 aromatic rings. The maximum atomic E-state index is 5.79. The second-order valence-electron chi connectivity index (χ2n) is 6.91. The predicted molar refractivity (Wildman–Crippen MR) is 107 cm³/mol. The summed E-state index contributed by atoms with van der Waals surface area (Å²) in [4.78, 5) is 11.2. The van der Waals surface area contributed by atoms with Gasteiger partial charge in [-0.2, -0.15) is 5.10 Å². The molecule has 2 atom stereocenters. The van der Waals surface area contributed by atoms with E-state index in [1.807, 2.05) is 24.0 Å². The molecule has 1 fully saturated rings. The number of nitrogens with one attached hydrogen (secondary N) is 2. The van der Waals surface area contributed by atoms with Gasteiger partial charge in [-0.25, -0.2) is 4.98 Å². The molecule has 0 bridgehead atoms. The van der Waals surface area contributed by atoms with E-state index in [9.17, 15) is 0 Å². The number of anilines is 1. The molecule has 0 spiro atoms. The van der Waals surface area contributed by atoms with E-state index in [0.717, 1.165) is 36.1 Å². The van der Waals surface area contributed by atoms with Crippen molar-refractivity contribution in [3.05, 3.63) is 41.9 Å². The molecule has 0 amide bonds. The summed E-state index contributed by atoms with van der Waals surface area (Å²) >= 11 is 0. The number of ether oxygens (including phenoxy) is 1. The van der Waals surface area contributed by atoms with Gasteiger partial charge in [0, 0.05) is 46.1 Å². The first kappa shape index (κ1) is 19.2. The van der Waals surface area contributed by atoms with Crippen LogP contribution in [-0.4, -0.2) is 53.1 Å². The second-order valence-corrected chi connectivity index (χ2v) is 6.91. The Bertz CT molecular complexity index is 746. The van der Waals surface area contributed by atoms with Crippen molar-refractivity contribution in [2.75, 3.05) is 25.0 Å². The van der Waals surface area contributed by atoms with Crippen molar-refractivity contribution in [3.63, 3.8) is 0 Å². The van der Waals surface area contributed by atoms with Crippen LogP contribution in [0.4, 0.5) is 5.82 Å². The molecular weight excluding hydrogens is 342 g/mol. The van der Waals surface area contributed by atoms with Gasteiger partial charge in [0.25, 0.3) is 0 Å². The van der Waals surface area contributed by atoms with Crippen molar-refractivity contribution in [2.45, 2.75) is 39.1 Å². The van der Waals surface area contributed by atoms with Crippen LogP contribution in [0.2, 0.25) is 0 Å². The molecule has 0 aliphatic carbocycles. The van der Waals surface area contributed by atoms with Crippen LogP contribution in [0.5, 0.6) is 0 Å². The Kier molecular flexibility index (Phi) is 6.28. The molecule has 1 aliphatic heterocycles. The van der Waals surface area contributed by atoms with Crippen LogP contribution in [0.1, 0.15) is 25.1 Å². The van der Waals surface area contributed by atoms with Gasteiger partial charge in [0.1, 0.15) is 5.82 Å². The van der Waals surface area contributed by atoms with Crippen LogP contribution in [-0.2, 0) is 24.9 Å². The Hall–Kier alpha value is -2.61. The summed E-state index contributed by atoms with van der Waals surface area (Å²) < 4.78 is 7.63. The third kappa shape index (κ3) is 5.19. The molecule has 0 radical (unpaired) electrons. The first-order valence-corrected chi connectivity index (χ1v) is 9.32. The molecule has 8 nitrogen and oxygen atoms in total. The average Bonchev–Trinajstić information content (AvgIpc) is 3.06. The Morgan fingerprint density at radius 1 is 1.19 bits per heavy atom. The van der Waals surface area contributed by atoms with E-state index in [4.69, 9.17) is 4.74 Å². The number of pyridine rings is 1. The Labute approximate surface area is 160 Å². The summed E-state index contributed by atoms with van der Waals surface area (Å²) in [5.41, 5.74) is 2.20. The quantitative estimate of drug-likeness (QED) is 0.609. The predicted octanol–water partition coefficient (Wildman–Crippen LogP) is 1.29. The highest BCUT2D eigenvalue weighted by Crippen LogP contribution is 2.18. The largest absolute Gasteiger partial charge is 0.372 e. The zero-order valence-corrected chi connectivity index (χ0v) is 16.5. The molecule has 2 aromatic heterocycles. The number of guanidine groups is 1. The minimum Gasteiger partial charge on any atom is -0.372 e. The lowest BCUT2D eigenvalue weighted by Crippen LogP contribution is -2.45. The second kappa shape index (κ2) is 8.85. The van der Waals surface area contributed by atoms with E-state index in [-0.39, 0.29) is 12.2 Å². The molecule has 0 saturated carbocycles. The summed E-state index contributed by atoms with van der Waals surface area (Å²) in [6.45, 7) is 7.28. The summed E-state index contributed by atoms with van der Waals surface area (Å²) in [5, 5.41) is 10.8. The fourth-order valence-electron chi connectivity index (χ4n) is 3.23. The van der Waals surface area contributed by atoms with E-state index in [1.165, 1.54) is 0 Å². The molecule has 146 valence electrons. The molecule has 8 heteroatoms. The molecule has 3 rings (SSSR count). The summed E-state index contributed by atoms with van der Waals surface area (Å²) in [6, 6.07) is 6.17. The molecule has 1 aliphatic rings. The fraction of sp³-hybridized carbons (Fsp3) is 0.526. The number of hydrogen-bond acceptors (Lipinski definition) is 5. The smallest absolute Gasteiger partial charge is 0.191 e.